The third-order valence-corrected chi connectivity index (χ3v) is 7.18. The van der Waals surface area contributed by atoms with Gasteiger partial charge in [-0.3, -0.25) is 19.2 Å². The van der Waals surface area contributed by atoms with Gasteiger partial charge in [0.25, 0.3) is 0 Å². The molecule has 3 fully saturated rings. The van der Waals surface area contributed by atoms with Crippen molar-refractivity contribution in [2.45, 2.75) is 63.1 Å². The normalized spacial score (nSPS) is 24.1. The lowest BCUT2D eigenvalue weighted by molar-refractivity contribution is -0.142. The summed E-state index contributed by atoms with van der Waals surface area (Å²) < 4.78 is 0. The van der Waals surface area contributed by atoms with E-state index in [9.17, 15) is 24.0 Å². The van der Waals surface area contributed by atoms with Crippen LogP contribution in [-0.4, -0.2) is 100 Å². The summed E-state index contributed by atoms with van der Waals surface area (Å²) >= 11 is 0.964. The molecule has 2 saturated heterocycles. The van der Waals surface area contributed by atoms with Crippen molar-refractivity contribution in [3.8, 4) is 0 Å². The van der Waals surface area contributed by atoms with Gasteiger partial charge in [0.1, 0.15) is 12.1 Å². The van der Waals surface area contributed by atoms with Crippen LogP contribution in [-0.2, 0) is 19.2 Å². The van der Waals surface area contributed by atoms with Gasteiger partial charge in [0.05, 0.1) is 18.1 Å². The smallest absolute Gasteiger partial charge is 0.317 e. The summed E-state index contributed by atoms with van der Waals surface area (Å²) in [6.07, 6.45) is 6.46. The topological polar surface area (TPSA) is 148 Å². The van der Waals surface area contributed by atoms with Crippen LogP contribution in [0.3, 0.4) is 0 Å². The first kappa shape index (κ1) is 25.1. The molecule has 2 aliphatic heterocycles. The molecule has 0 aromatic heterocycles. The fourth-order valence-corrected chi connectivity index (χ4v) is 5.11. The summed E-state index contributed by atoms with van der Waals surface area (Å²) in [6, 6.07) is -1.74. The van der Waals surface area contributed by atoms with Crippen LogP contribution in [0.15, 0.2) is 0 Å². The van der Waals surface area contributed by atoms with E-state index in [-0.39, 0.29) is 55.0 Å². The van der Waals surface area contributed by atoms with Gasteiger partial charge in [-0.1, -0.05) is 19.3 Å². The molecular formula is C21H33N5O6S. The number of carboxylic acid groups (broad SMARTS) is 1. The number of carbonyl (C=O) groups excluding carboxylic acids is 4. The van der Waals surface area contributed by atoms with E-state index in [1.165, 1.54) is 11.3 Å². The van der Waals surface area contributed by atoms with E-state index in [1.807, 2.05) is 0 Å². The lowest BCUT2D eigenvalue weighted by Crippen LogP contribution is -2.65. The minimum Gasteiger partial charge on any atom is -0.481 e. The number of amides is 5. The Morgan fingerprint density at radius 1 is 1.00 bits per heavy atom. The van der Waals surface area contributed by atoms with Gasteiger partial charge >= 0.3 is 12.0 Å². The van der Waals surface area contributed by atoms with Gasteiger partial charge in [0, 0.05) is 25.7 Å². The SMILES string of the molecule is O=C(O)CSCC(=O)N1CCN(C(=O)NC2CCCCC2)C[C@H]1C(=O)N[C@H]1CCCNC1=O. The van der Waals surface area contributed by atoms with E-state index < -0.39 is 24.0 Å². The number of piperazine rings is 1. The minimum absolute atomic E-state index is 0.0219. The van der Waals surface area contributed by atoms with Gasteiger partial charge < -0.3 is 30.9 Å². The zero-order chi connectivity index (χ0) is 23.8. The molecular weight excluding hydrogens is 450 g/mol. The first-order chi connectivity index (χ1) is 15.8. The maximum Gasteiger partial charge on any atom is 0.317 e. The number of hydrogen-bond acceptors (Lipinski definition) is 6. The highest BCUT2D eigenvalue weighted by Crippen LogP contribution is 2.19. The third kappa shape index (κ3) is 7.24. The summed E-state index contributed by atoms with van der Waals surface area (Å²) in [6.45, 7) is 1.03. The number of carboxylic acids is 1. The Morgan fingerprint density at radius 3 is 2.45 bits per heavy atom. The summed E-state index contributed by atoms with van der Waals surface area (Å²) in [5.74, 6) is -2.41. The fourth-order valence-electron chi connectivity index (χ4n) is 4.49. The highest BCUT2D eigenvalue weighted by molar-refractivity contribution is 8.00. The van der Waals surface area contributed by atoms with Crippen LogP contribution in [0.4, 0.5) is 4.79 Å². The second-order valence-electron chi connectivity index (χ2n) is 8.71. The third-order valence-electron chi connectivity index (χ3n) is 6.28. The van der Waals surface area contributed by atoms with Crippen molar-refractivity contribution in [3.05, 3.63) is 0 Å². The van der Waals surface area contributed by atoms with Crippen LogP contribution in [0.25, 0.3) is 0 Å². The van der Waals surface area contributed by atoms with Gasteiger partial charge in [-0.15, -0.1) is 11.8 Å². The van der Waals surface area contributed by atoms with Crippen molar-refractivity contribution in [3.63, 3.8) is 0 Å². The Labute approximate surface area is 197 Å². The summed E-state index contributed by atoms with van der Waals surface area (Å²) in [4.78, 5) is 64.5. The van der Waals surface area contributed by atoms with Crippen molar-refractivity contribution in [2.75, 3.05) is 37.7 Å². The van der Waals surface area contributed by atoms with Gasteiger partial charge in [-0.05, 0) is 25.7 Å². The lowest BCUT2D eigenvalue weighted by Gasteiger charge is -2.41. The number of aliphatic carboxylic acids is 1. The molecule has 0 radical (unpaired) electrons. The molecule has 0 unspecified atom stereocenters. The first-order valence-corrected chi connectivity index (χ1v) is 12.7. The van der Waals surface area contributed by atoms with Crippen LogP contribution in [0.2, 0.25) is 0 Å². The molecule has 184 valence electrons. The largest absolute Gasteiger partial charge is 0.481 e. The van der Waals surface area contributed by atoms with Crippen LogP contribution in [0.5, 0.6) is 0 Å². The van der Waals surface area contributed by atoms with Crippen LogP contribution >= 0.6 is 11.8 Å². The number of piperidine rings is 1. The molecule has 4 N–H and O–H groups in total. The Bertz CT molecular complexity index is 759. The quantitative estimate of drug-likeness (QED) is 0.390. The van der Waals surface area contributed by atoms with E-state index in [4.69, 9.17) is 5.11 Å². The maximum atomic E-state index is 13.1. The van der Waals surface area contributed by atoms with Crippen LogP contribution < -0.4 is 16.0 Å². The standard InChI is InChI=1S/C21H33N5O6S/c27-17(12-33-13-18(28)29)26-10-9-25(21(32)23-14-5-2-1-3-6-14)11-16(26)20(31)24-15-7-4-8-22-19(15)30/h14-16H,1-13H2,(H,22,30)(H,23,32)(H,24,31)(H,28,29)/t15-,16-/m0/s1. The summed E-state index contributed by atoms with van der Waals surface area (Å²) in [5.41, 5.74) is 0. The predicted octanol–water partition coefficient (Wildman–Crippen LogP) is -0.246. The number of carbonyl (C=O) groups is 5. The Hall–Kier alpha value is -2.50. The molecule has 3 aliphatic rings. The second kappa shape index (κ2) is 12.1. The number of thioether (sulfide) groups is 1. The van der Waals surface area contributed by atoms with E-state index >= 15 is 0 Å². The predicted molar refractivity (Wildman–Crippen MR) is 122 cm³/mol. The van der Waals surface area contributed by atoms with E-state index in [2.05, 4.69) is 16.0 Å². The lowest BCUT2D eigenvalue weighted by atomic mass is 9.96. The number of rotatable bonds is 7. The molecule has 0 aromatic carbocycles. The van der Waals surface area contributed by atoms with Crippen molar-refractivity contribution < 1.29 is 29.1 Å². The highest BCUT2D eigenvalue weighted by Gasteiger charge is 2.38. The molecule has 0 aromatic rings. The van der Waals surface area contributed by atoms with Gasteiger partial charge in [0.2, 0.25) is 17.7 Å². The summed E-state index contributed by atoms with van der Waals surface area (Å²) in [5, 5.41) is 17.3. The Morgan fingerprint density at radius 2 is 1.76 bits per heavy atom. The molecule has 5 amide bonds. The van der Waals surface area contributed by atoms with Crippen molar-refractivity contribution in [1.29, 1.82) is 0 Å². The van der Waals surface area contributed by atoms with Crippen molar-refractivity contribution in [1.82, 2.24) is 25.8 Å². The molecule has 33 heavy (non-hydrogen) atoms. The molecule has 0 bridgehead atoms. The van der Waals surface area contributed by atoms with Gasteiger partial charge in [-0.25, -0.2) is 4.79 Å². The van der Waals surface area contributed by atoms with Crippen molar-refractivity contribution >= 4 is 41.5 Å². The second-order valence-corrected chi connectivity index (χ2v) is 9.70. The molecule has 2 atom stereocenters. The van der Waals surface area contributed by atoms with E-state index in [1.54, 1.807) is 4.90 Å². The molecule has 11 nitrogen and oxygen atoms in total. The molecule has 3 rings (SSSR count). The first-order valence-electron chi connectivity index (χ1n) is 11.6. The van der Waals surface area contributed by atoms with Gasteiger partial charge in [-0.2, -0.15) is 0 Å². The zero-order valence-electron chi connectivity index (χ0n) is 18.7. The summed E-state index contributed by atoms with van der Waals surface area (Å²) in [7, 11) is 0. The molecule has 1 aliphatic carbocycles. The van der Waals surface area contributed by atoms with Crippen molar-refractivity contribution in [2.24, 2.45) is 0 Å². The number of urea groups is 1. The molecule has 12 heteroatoms. The number of nitrogens with one attached hydrogen (secondary N) is 3. The minimum atomic E-state index is -1.02. The zero-order valence-corrected chi connectivity index (χ0v) is 19.5. The molecule has 0 spiro atoms. The Kier molecular flexibility index (Phi) is 9.21. The van der Waals surface area contributed by atoms with Crippen LogP contribution in [0, 0.1) is 0 Å². The van der Waals surface area contributed by atoms with Gasteiger partial charge in [0.15, 0.2) is 0 Å². The number of nitrogens with zero attached hydrogens (tertiary/aromatic N) is 2. The Balaban J connectivity index is 1.65. The van der Waals surface area contributed by atoms with E-state index in [0.29, 0.717) is 13.0 Å². The average Bonchev–Trinajstić information content (AvgIpc) is 2.80. The maximum absolute atomic E-state index is 13.1. The monoisotopic (exact) mass is 483 g/mol. The fraction of sp³-hybridized carbons (Fsp3) is 0.762. The number of hydrogen-bond donors (Lipinski definition) is 4. The van der Waals surface area contributed by atoms with E-state index in [0.717, 1.165) is 43.9 Å². The van der Waals surface area contributed by atoms with Crippen LogP contribution in [0.1, 0.15) is 44.9 Å². The molecule has 2 heterocycles. The average molecular weight is 484 g/mol. The molecule has 1 saturated carbocycles. The highest BCUT2D eigenvalue weighted by atomic mass is 32.2.